The molecule has 1 saturated heterocycles. The molecule has 1 aromatic carbocycles. The second kappa shape index (κ2) is 5.46. The van der Waals surface area contributed by atoms with Crippen LogP contribution in [0.25, 0.3) is 0 Å². The van der Waals surface area contributed by atoms with Gasteiger partial charge in [-0.2, -0.15) is 4.31 Å². The molecule has 0 atom stereocenters. The summed E-state index contributed by atoms with van der Waals surface area (Å²) in [7, 11) is -1.72. The zero-order valence-corrected chi connectivity index (χ0v) is 12.8. The molecule has 0 unspecified atom stereocenters. The molecule has 0 aliphatic carbocycles. The number of nitrogens with zero attached hydrogens (tertiary/aromatic N) is 2. The van der Waals surface area contributed by atoms with E-state index in [1.807, 2.05) is 7.05 Å². The number of piperazine rings is 1. The minimum atomic E-state index is -3.67. The van der Waals surface area contributed by atoms with Gasteiger partial charge in [0.15, 0.2) is 0 Å². The molecule has 1 aromatic rings. The Morgan fingerprint density at radius 2 is 1.74 bits per heavy atom. The SMILES string of the molecule is CN1CCN(S(=O)(=O)c2c(N)cc(Cl)cc2Cl)CC1. The van der Waals surface area contributed by atoms with E-state index in [-0.39, 0.29) is 15.6 Å². The van der Waals surface area contributed by atoms with Crippen molar-refractivity contribution in [2.75, 3.05) is 39.0 Å². The van der Waals surface area contributed by atoms with E-state index in [4.69, 9.17) is 28.9 Å². The van der Waals surface area contributed by atoms with Crippen molar-refractivity contribution in [3.05, 3.63) is 22.2 Å². The molecule has 0 aromatic heterocycles. The summed E-state index contributed by atoms with van der Waals surface area (Å²) in [5, 5.41) is 0.378. The van der Waals surface area contributed by atoms with Gasteiger partial charge in [0.1, 0.15) is 4.90 Å². The lowest BCUT2D eigenvalue weighted by molar-refractivity contribution is 0.222. The zero-order valence-electron chi connectivity index (χ0n) is 10.4. The van der Waals surface area contributed by atoms with Crippen molar-refractivity contribution in [2.24, 2.45) is 0 Å². The van der Waals surface area contributed by atoms with Gasteiger partial charge >= 0.3 is 0 Å². The number of likely N-dealkylation sites (N-methyl/N-ethyl adjacent to an activating group) is 1. The molecule has 0 radical (unpaired) electrons. The smallest absolute Gasteiger partial charge is 0.246 e. The molecule has 1 heterocycles. The molecule has 1 fully saturated rings. The van der Waals surface area contributed by atoms with Crippen LogP contribution in [0.1, 0.15) is 0 Å². The summed E-state index contributed by atoms with van der Waals surface area (Å²) in [5.41, 5.74) is 5.84. The minimum Gasteiger partial charge on any atom is -0.398 e. The number of rotatable bonds is 2. The normalized spacial score (nSPS) is 18.7. The standard InChI is InChI=1S/C11H15Cl2N3O2S/c1-15-2-4-16(5-3-15)19(17,18)11-9(13)6-8(12)7-10(11)14/h6-7H,2-5,14H2,1H3. The first-order chi connectivity index (χ1) is 8.82. The summed E-state index contributed by atoms with van der Waals surface area (Å²) in [5.74, 6) is 0. The number of sulfonamides is 1. The fourth-order valence-corrected chi connectivity index (χ4v) is 4.38. The average molecular weight is 324 g/mol. The van der Waals surface area contributed by atoms with Crippen molar-refractivity contribution in [3.63, 3.8) is 0 Å². The molecule has 2 N–H and O–H groups in total. The lowest BCUT2D eigenvalue weighted by Gasteiger charge is -2.32. The predicted molar refractivity (Wildman–Crippen MR) is 77.1 cm³/mol. The van der Waals surface area contributed by atoms with E-state index in [2.05, 4.69) is 4.90 Å². The molecule has 1 aliphatic rings. The van der Waals surface area contributed by atoms with Crippen molar-refractivity contribution >= 4 is 38.9 Å². The van der Waals surface area contributed by atoms with Gasteiger partial charge in [-0.3, -0.25) is 0 Å². The summed E-state index contributed by atoms with van der Waals surface area (Å²) in [6.07, 6.45) is 0. The highest BCUT2D eigenvalue weighted by Gasteiger charge is 2.31. The summed E-state index contributed by atoms with van der Waals surface area (Å²) in [4.78, 5) is 2.02. The number of halogens is 2. The highest BCUT2D eigenvalue weighted by atomic mass is 35.5. The fourth-order valence-electron chi connectivity index (χ4n) is 2.01. The molecule has 0 bridgehead atoms. The third-order valence-electron chi connectivity index (χ3n) is 3.10. The number of benzene rings is 1. The Hall–Kier alpha value is -0.530. The van der Waals surface area contributed by atoms with Crippen LogP contribution in [0.3, 0.4) is 0 Å². The number of nitrogen functional groups attached to an aromatic ring is 1. The first kappa shape index (κ1) is 14.9. The molecule has 5 nitrogen and oxygen atoms in total. The largest absolute Gasteiger partial charge is 0.398 e. The Kier molecular flexibility index (Phi) is 4.27. The average Bonchev–Trinajstić information content (AvgIpc) is 2.27. The van der Waals surface area contributed by atoms with Gasteiger partial charge < -0.3 is 10.6 Å². The van der Waals surface area contributed by atoms with Crippen LogP contribution in [0.4, 0.5) is 5.69 Å². The monoisotopic (exact) mass is 323 g/mol. The number of nitrogens with two attached hydrogens (primary N) is 1. The lowest BCUT2D eigenvalue weighted by Crippen LogP contribution is -2.47. The summed E-state index contributed by atoms with van der Waals surface area (Å²) < 4.78 is 26.5. The van der Waals surface area contributed by atoms with Crippen molar-refractivity contribution in [1.82, 2.24) is 9.21 Å². The molecule has 106 valence electrons. The van der Waals surface area contributed by atoms with E-state index in [1.54, 1.807) is 0 Å². The lowest BCUT2D eigenvalue weighted by atomic mass is 10.3. The molecule has 0 amide bonds. The van der Waals surface area contributed by atoms with Gasteiger partial charge in [-0.05, 0) is 19.2 Å². The first-order valence-corrected chi connectivity index (χ1v) is 7.95. The summed E-state index contributed by atoms with van der Waals surface area (Å²) >= 11 is 11.8. The van der Waals surface area contributed by atoms with Gasteiger partial charge in [0.25, 0.3) is 0 Å². The van der Waals surface area contributed by atoms with Crippen molar-refractivity contribution in [3.8, 4) is 0 Å². The van der Waals surface area contributed by atoms with E-state index < -0.39 is 10.0 Å². The van der Waals surface area contributed by atoms with Crippen LogP contribution < -0.4 is 5.73 Å². The van der Waals surface area contributed by atoms with Crippen LogP contribution >= 0.6 is 23.2 Å². The second-order valence-electron chi connectivity index (χ2n) is 4.51. The number of hydrogen-bond donors (Lipinski definition) is 1. The maximum atomic E-state index is 12.5. The van der Waals surface area contributed by atoms with Crippen LogP contribution in [-0.2, 0) is 10.0 Å². The third kappa shape index (κ3) is 2.98. The Labute approximate surface area is 122 Å². The maximum Gasteiger partial charge on any atom is 0.246 e. The van der Waals surface area contributed by atoms with Crippen LogP contribution in [0.5, 0.6) is 0 Å². The molecule has 1 aliphatic heterocycles. The first-order valence-electron chi connectivity index (χ1n) is 5.75. The van der Waals surface area contributed by atoms with Gasteiger partial charge in [0.05, 0.1) is 10.7 Å². The minimum absolute atomic E-state index is 0.0527. The zero-order chi connectivity index (χ0) is 14.2. The van der Waals surface area contributed by atoms with Gasteiger partial charge in [-0.1, -0.05) is 23.2 Å². The third-order valence-corrected chi connectivity index (χ3v) is 5.74. The van der Waals surface area contributed by atoms with Gasteiger partial charge in [0, 0.05) is 31.2 Å². The van der Waals surface area contributed by atoms with Crippen LogP contribution in [0.2, 0.25) is 10.0 Å². The summed E-state index contributed by atoms with van der Waals surface area (Å²) in [6, 6.07) is 2.79. The molecule has 2 rings (SSSR count). The van der Waals surface area contributed by atoms with E-state index in [1.165, 1.54) is 16.4 Å². The molecule has 0 saturated carbocycles. The summed E-state index contributed by atoms with van der Waals surface area (Å²) in [6.45, 7) is 2.23. The van der Waals surface area contributed by atoms with Gasteiger partial charge in [-0.25, -0.2) is 8.42 Å². The highest BCUT2D eigenvalue weighted by Crippen LogP contribution is 2.33. The highest BCUT2D eigenvalue weighted by molar-refractivity contribution is 7.89. The van der Waals surface area contributed by atoms with Crippen molar-refractivity contribution < 1.29 is 8.42 Å². The molecule has 19 heavy (non-hydrogen) atoms. The number of anilines is 1. The maximum absolute atomic E-state index is 12.5. The topological polar surface area (TPSA) is 66.6 Å². The molecule has 8 heteroatoms. The fraction of sp³-hybridized carbons (Fsp3) is 0.455. The molecular formula is C11H15Cl2N3O2S. The molecular weight excluding hydrogens is 309 g/mol. The number of hydrogen-bond acceptors (Lipinski definition) is 4. The molecule has 0 spiro atoms. The Morgan fingerprint density at radius 1 is 1.16 bits per heavy atom. The van der Waals surface area contributed by atoms with E-state index in [0.29, 0.717) is 31.2 Å². The quantitative estimate of drug-likeness (QED) is 0.838. The Morgan fingerprint density at radius 3 is 2.26 bits per heavy atom. The van der Waals surface area contributed by atoms with Gasteiger partial charge in [-0.15, -0.1) is 0 Å². The van der Waals surface area contributed by atoms with Crippen molar-refractivity contribution in [1.29, 1.82) is 0 Å². The van der Waals surface area contributed by atoms with Crippen LogP contribution in [-0.4, -0.2) is 50.8 Å². The van der Waals surface area contributed by atoms with E-state index in [9.17, 15) is 8.42 Å². The Bertz CT molecular complexity index is 561. The van der Waals surface area contributed by atoms with Crippen LogP contribution in [0.15, 0.2) is 17.0 Å². The van der Waals surface area contributed by atoms with Gasteiger partial charge in [0.2, 0.25) is 10.0 Å². The Balaban J connectivity index is 2.40. The van der Waals surface area contributed by atoms with Crippen LogP contribution in [0, 0.1) is 0 Å². The van der Waals surface area contributed by atoms with E-state index >= 15 is 0 Å². The second-order valence-corrected chi connectivity index (χ2v) is 7.23. The predicted octanol–water partition coefficient (Wildman–Crippen LogP) is 1.51. The van der Waals surface area contributed by atoms with Crippen molar-refractivity contribution in [2.45, 2.75) is 4.90 Å². The van der Waals surface area contributed by atoms with E-state index in [0.717, 1.165) is 0 Å².